The van der Waals surface area contributed by atoms with Gasteiger partial charge in [0.2, 0.25) is 0 Å². The van der Waals surface area contributed by atoms with Gasteiger partial charge in [0.05, 0.1) is 0 Å². The molecule has 0 N–H and O–H groups in total. The first-order valence-electron chi connectivity index (χ1n) is 5.74. The zero-order valence-corrected chi connectivity index (χ0v) is 9.97. The van der Waals surface area contributed by atoms with Gasteiger partial charge in [0.15, 0.2) is 0 Å². The topological polar surface area (TPSA) is 9.23 Å². The SMILES string of the molecule is CC.CC1CCc2cc(OC(F)F)ccc21. The third-order valence-electron chi connectivity index (χ3n) is 2.72. The summed E-state index contributed by atoms with van der Waals surface area (Å²) in [6.07, 6.45) is 2.07. The maximum absolute atomic E-state index is 11.9. The molecule has 0 aliphatic heterocycles. The highest BCUT2D eigenvalue weighted by molar-refractivity contribution is 5.40. The monoisotopic (exact) mass is 228 g/mol. The van der Waals surface area contributed by atoms with Gasteiger partial charge >= 0.3 is 6.61 Å². The van der Waals surface area contributed by atoms with Crippen LogP contribution in [-0.4, -0.2) is 6.61 Å². The minimum Gasteiger partial charge on any atom is -0.435 e. The Morgan fingerprint density at radius 2 is 2.00 bits per heavy atom. The second-order valence-electron chi connectivity index (χ2n) is 3.68. The van der Waals surface area contributed by atoms with Gasteiger partial charge in [-0.1, -0.05) is 26.8 Å². The fourth-order valence-electron chi connectivity index (χ4n) is 1.98. The molecule has 1 unspecified atom stereocenters. The molecule has 1 aliphatic carbocycles. The summed E-state index contributed by atoms with van der Waals surface area (Å²) in [6.45, 7) is 3.42. The Bertz CT molecular complexity index is 337. The van der Waals surface area contributed by atoms with E-state index in [4.69, 9.17) is 0 Å². The van der Waals surface area contributed by atoms with Crippen LogP contribution in [0.3, 0.4) is 0 Å². The lowest BCUT2D eigenvalue weighted by molar-refractivity contribution is -0.0498. The normalized spacial score (nSPS) is 17.8. The van der Waals surface area contributed by atoms with Gasteiger partial charge in [0, 0.05) is 0 Å². The van der Waals surface area contributed by atoms with Crippen LogP contribution < -0.4 is 4.74 Å². The van der Waals surface area contributed by atoms with E-state index in [1.807, 2.05) is 19.9 Å². The Balaban J connectivity index is 0.000000606. The second kappa shape index (κ2) is 5.83. The minimum atomic E-state index is -2.73. The zero-order valence-electron chi connectivity index (χ0n) is 9.97. The molecule has 90 valence electrons. The smallest absolute Gasteiger partial charge is 0.387 e. The molecule has 16 heavy (non-hydrogen) atoms. The molecule has 1 aromatic rings. The Labute approximate surface area is 95.4 Å². The molecule has 0 spiro atoms. The van der Waals surface area contributed by atoms with Gasteiger partial charge in [-0.25, -0.2) is 0 Å². The lowest BCUT2D eigenvalue weighted by Crippen LogP contribution is -2.02. The average Bonchev–Trinajstić information content (AvgIpc) is 2.62. The molecule has 0 saturated carbocycles. The third-order valence-corrected chi connectivity index (χ3v) is 2.72. The van der Waals surface area contributed by atoms with Crippen molar-refractivity contribution in [3.63, 3.8) is 0 Å². The molecule has 1 aromatic carbocycles. The summed E-state index contributed by atoms with van der Waals surface area (Å²) in [5.74, 6) is 0.818. The molecule has 0 aromatic heterocycles. The number of ether oxygens (including phenoxy) is 1. The third kappa shape index (κ3) is 2.94. The van der Waals surface area contributed by atoms with E-state index in [1.165, 1.54) is 5.56 Å². The summed E-state index contributed by atoms with van der Waals surface area (Å²) in [5, 5.41) is 0. The number of fused-ring (bicyclic) bond motifs is 1. The summed E-state index contributed by atoms with van der Waals surface area (Å²) >= 11 is 0. The van der Waals surface area contributed by atoms with Gasteiger partial charge in [0.25, 0.3) is 0 Å². The Morgan fingerprint density at radius 3 is 2.62 bits per heavy atom. The van der Waals surface area contributed by atoms with Gasteiger partial charge in [-0.2, -0.15) is 8.78 Å². The van der Waals surface area contributed by atoms with Crippen LogP contribution in [0.4, 0.5) is 8.78 Å². The van der Waals surface area contributed by atoms with E-state index in [9.17, 15) is 8.78 Å². The molecule has 0 radical (unpaired) electrons. The first-order valence-corrected chi connectivity index (χ1v) is 5.74. The summed E-state index contributed by atoms with van der Waals surface area (Å²) in [6, 6.07) is 5.24. The maximum atomic E-state index is 11.9. The zero-order chi connectivity index (χ0) is 12.1. The Hall–Kier alpha value is -1.12. The predicted octanol–water partition coefficient (Wildman–Crippen LogP) is 4.36. The maximum Gasteiger partial charge on any atom is 0.387 e. The molecule has 0 heterocycles. The van der Waals surface area contributed by atoms with E-state index in [1.54, 1.807) is 12.1 Å². The fraction of sp³-hybridized carbons (Fsp3) is 0.538. The number of alkyl halides is 2. The highest BCUT2D eigenvalue weighted by atomic mass is 19.3. The fourth-order valence-corrected chi connectivity index (χ4v) is 1.98. The quantitative estimate of drug-likeness (QED) is 0.730. The van der Waals surface area contributed by atoms with Crippen molar-refractivity contribution in [3.8, 4) is 5.75 Å². The van der Waals surface area contributed by atoms with E-state index < -0.39 is 6.61 Å². The Morgan fingerprint density at radius 1 is 1.31 bits per heavy atom. The van der Waals surface area contributed by atoms with E-state index in [0.29, 0.717) is 5.92 Å². The first-order chi connectivity index (χ1) is 7.66. The minimum absolute atomic E-state index is 0.271. The van der Waals surface area contributed by atoms with Gasteiger partial charge in [-0.05, 0) is 42.0 Å². The molecule has 2 rings (SSSR count). The van der Waals surface area contributed by atoms with Crippen LogP contribution in [0.2, 0.25) is 0 Å². The van der Waals surface area contributed by atoms with Gasteiger partial charge < -0.3 is 4.74 Å². The van der Waals surface area contributed by atoms with Crippen molar-refractivity contribution in [2.24, 2.45) is 0 Å². The van der Waals surface area contributed by atoms with E-state index in [-0.39, 0.29) is 5.75 Å². The average molecular weight is 228 g/mol. The number of hydrogen-bond acceptors (Lipinski definition) is 1. The predicted molar refractivity (Wildman–Crippen MR) is 61.2 cm³/mol. The summed E-state index contributed by atoms with van der Waals surface area (Å²) in [7, 11) is 0. The van der Waals surface area contributed by atoms with Gasteiger partial charge in [-0.15, -0.1) is 0 Å². The van der Waals surface area contributed by atoms with Crippen molar-refractivity contribution in [3.05, 3.63) is 29.3 Å². The van der Waals surface area contributed by atoms with E-state index in [0.717, 1.165) is 18.4 Å². The lowest BCUT2D eigenvalue weighted by Gasteiger charge is -2.07. The molecule has 0 bridgehead atoms. The Kier molecular flexibility index (Phi) is 4.71. The van der Waals surface area contributed by atoms with Crippen molar-refractivity contribution in [1.29, 1.82) is 0 Å². The van der Waals surface area contributed by atoms with Crippen LogP contribution in [0, 0.1) is 0 Å². The molecular formula is C13H18F2O. The van der Waals surface area contributed by atoms with Gasteiger partial charge in [-0.3, -0.25) is 0 Å². The molecule has 0 amide bonds. The molecule has 1 atom stereocenters. The number of halogens is 2. The summed E-state index contributed by atoms with van der Waals surface area (Å²) < 4.78 is 28.2. The molecule has 1 aliphatic rings. The van der Waals surface area contributed by atoms with Crippen LogP contribution in [0.25, 0.3) is 0 Å². The number of rotatable bonds is 2. The van der Waals surface area contributed by atoms with Crippen LogP contribution in [0.1, 0.15) is 44.2 Å². The largest absolute Gasteiger partial charge is 0.435 e. The second-order valence-corrected chi connectivity index (χ2v) is 3.68. The molecule has 3 heteroatoms. The van der Waals surface area contributed by atoms with Crippen LogP contribution >= 0.6 is 0 Å². The van der Waals surface area contributed by atoms with E-state index >= 15 is 0 Å². The van der Waals surface area contributed by atoms with E-state index in [2.05, 4.69) is 11.7 Å². The van der Waals surface area contributed by atoms with Crippen LogP contribution in [0.15, 0.2) is 18.2 Å². The molecule has 1 nitrogen and oxygen atoms in total. The standard InChI is InChI=1S/C11H12F2O.C2H6/c1-7-2-3-8-6-9(14-11(12)13)4-5-10(7)8;1-2/h4-7,11H,2-3H2,1H3;1-2H3. The van der Waals surface area contributed by atoms with Crippen LogP contribution in [-0.2, 0) is 6.42 Å². The number of hydrogen-bond donors (Lipinski definition) is 0. The van der Waals surface area contributed by atoms with Gasteiger partial charge in [0.1, 0.15) is 5.75 Å². The van der Waals surface area contributed by atoms with Crippen molar-refractivity contribution in [2.45, 2.75) is 46.1 Å². The first kappa shape index (κ1) is 12.9. The molecule has 0 saturated heterocycles. The summed E-state index contributed by atoms with van der Waals surface area (Å²) in [5.41, 5.74) is 2.42. The lowest BCUT2D eigenvalue weighted by atomic mass is 10.0. The number of benzene rings is 1. The van der Waals surface area contributed by atoms with Crippen molar-refractivity contribution in [1.82, 2.24) is 0 Å². The van der Waals surface area contributed by atoms with Crippen molar-refractivity contribution >= 4 is 0 Å². The summed E-state index contributed by atoms with van der Waals surface area (Å²) in [4.78, 5) is 0. The number of aryl methyl sites for hydroxylation is 1. The van der Waals surface area contributed by atoms with Crippen molar-refractivity contribution in [2.75, 3.05) is 0 Å². The highest BCUT2D eigenvalue weighted by Crippen LogP contribution is 2.34. The van der Waals surface area contributed by atoms with Crippen LogP contribution in [0.5, 0.6) is 5.75 Å². The highest BCUT2D eigenvalue weighted by Gasteiger charge is 2.19. The van der Waals surface area contributed by atoms with Crippen molar-refractivity contribution < 1.29 is 13.5 Å². The molecular weight excluding hydrogens is 210 g/mol. The molecule has 0 fully saturated rings.